The van der Waals surface area contributed by atoms with Gasteiger partial charge in [-0.1, -0.05) is 40.0 Å². The molecule has 0 amide bonds. The molecule has 0 aliphatic carbocycles. The Morgan fingerprint density at radius 3 is 0.952 bits per heavy atom. The molecule has 0 aliphatic rings. The second-order valence-electron chi connectivity index (χ2n) is 5.81. The van der Waals surface area contributed by atoms with Gasteiger partial charge in [0.05, 0.1) is 18.5 Å². The Morgan fingerprint density at radius 2 is 0.810 bits per heavy atom. The summed E-state index contributed by atoms with van der Waals surface area (Å²) in [6.45, 7) is 9.59. The molecule has 0 saturated carbocycles. The van der Waals surface area contributed by atoms with E-state index in [0.717, 1.165) is 0 Å². The van der Waals surface area contributed by atoms with Crippen LogP contribution in [-0.2, 0) is 0 Å². The van der Waals surface area contributed by atoms with Crippen LogP contribution in [0.15, 0.2) is 0 Å². The van der Waals surface area contributed by atoms with Gasteiger partial charge in [-0.05, 0) is 19.3 Å². The maximum atomic E-state index is 9.93. The van der Waals surface area contributed by atoms with Crippen LogP contribution in [0.1, 0.15) is 59.3 Å². The van der Waals surface area contributed by atoms with E-state index in [1.807, 2.05) is 0 Å². The van der Waals surface area contributed by atoms with E-state index in [2.05, 4.69) is 27.4 Å². The Labute approximate surface area is 128 Å². The van der Waals surface area contributed by atoms with E-state index in [1.165, 1.54) is 38.5 Å². The van der Waals surface area contributed by atoms with Crippen LogP contribution in [0.25, 0.3) is 0 Å². The van der Waals surface area contributed by atoms with Gasteiger partial charge in [-0.3, -0.25) is 0 Å². The molecule has 0 aliphatic heterocycles. The third-order valence-corrected chi connectivity index (χ3v) is 7.34. The molecule has 0 N–H and O–H groups in total. The summed E-state index contributed by atoms with van der Waals surface area (Å²) in [6.07, 6.45) is 13.2. The average Bonchev–Trinajstić information content (AvgIpc) is 2.28. The second kappa shape index (κ2) is 8.62. The molecule has 0 spiro atoms. The van der Waals surface area contributed by atoms with E-state index in [0.29, 0.717) is 0 Å². The van der Waals surface area contributed by atoms with Crippen molar-refractivity contribution < 1.29 is 16.9 Å². The van der Waals surface area contributed by atoms with Crippen molar-refractivity contribution in [2.24, 2.45) is 0 Å². The van der Waals surface area contributed by atoms with Crippen LogP contribution in [0.4, 0.5) is 16.9 Å². The molecule has 0 nitrogen and oxygen atoms in total. The van der Waals surface area contributed by atoms with E-state index in [1.54, 1.807) is 18.5 Å². The third-order valence-electron chi connectivity index (χ3n) is 3.15. The fourth-order valence-electron chi connectivity index (χ4n) is 1.95. The number of rotatable bonds is 9. The SMILES string of the molecule is CCCC[P+](C)(CCCC)CCCC.[F][Sb-]([F])([F])([F])([F])[F]. The fraction of sp³-hybridized carbons (Fsp3) is 1.00. The van der Waals surface area contributed by atoms with Crippen LogP contribution >= 0.6 is 7.26 Å². The molecule has 0 radical (unpaired) electrons. The summed E-state index contributed by atoms with van der Waals surface area (Å²) in [5.74, 6) is 0. The van der Waals surface area contributed by atoms with Crippen molar-refractivity contribution in [1.29, 1.82) is 0 Å². The van der Waals surface area contributed by atoms with Gasteiger partial charge < -0.3 is 0 Å². The molecule has 0 unspecified atom stereocenters. The zero-order chi connectivity index (χ0) is 17.3. The van der Waals surface area contributed by atoms with Crippen molar-refractivity contribution in [2.45, 2.75) is 59.3 Å². The number of hydrogen-bond donors (Lipinski definition) is 0. The van der Waals surface area contributed by atoms with Crippen LogP contribution in [0.5, 0.6) is 0 Å². The Balaban J connectivity index is 0. The molecule has 0 atom stereocenters. The Bertz CT molecular complexity index is 241. The fourth-order valence-corrected chi connectivity index (χ4v) is 5.86. The molecule has 0 aromatic carbocycles. The molecule has 0 fully saturated rings. The third kappa shape index (κ3) is 29.5. The van der Waals surface area contributed by atoms with E-state index in [4.69, 9.17) is 0 Å². The topological polar surface area (TPSA) is 0 Å². The number of unbranched alkanes of at least 4 members (excludes halogenated alkanes) is 3. The van der Waals surface area contributed by atoms with Gasteiger partial charge in [-0.25, -0.2) is 0 Å². The Kier molecular flexibility index (Phi) is 9.88. The van der Waals surface area contributed by atoms with Gasteiger partial charge in [0, 0.05) is 13.9 Å². The van der Waals surface area contributed by atoms with Crippen molar-refractivity contribution >= 4 is 26.7 Å². The predicted molar refractivity (Wildman–Crippen MR) is 84.6 cm³/mol. The first-order valence-corrected chi connectivity index (χ1v) is 16.1. The normalized spacial score (nSPS) is 15.7. The summed E-state index contributed by atoms with van der Waals surface area (Å²) in [5.41, 5.74) is 0. The van der Waals surface area contributed by atoms with Gasteiger partial charge in [0.15, 0.2) is 0 Å². The Hall–Kier alpha value is 0.828. The molecule has 0 bridgehead atoms. The van der Waals surface area contributed by atoms with E-state index in [9.17, 15) is 16.9 Å². The maximum absolute atomic E-state index is 11.2. The van der Waals surface area contributed by atoms with Gasteiger partial charge >= 0.3 is 36.4 Å². The number of halogens is 6. The molecule has 0 aromatic rings. The molecule has 0 saturated heterocycles. The van der Waals surface area contributed by atoms with E-state index >= 15 is 0 Å². The monoisotopic (exact) mass is 452 g/mol. The van der Waals surface area contributed by atoms with Crippen molar-refractivity contribution in [1.82, 2.24) is 0 Å². The average molecular weight is 453 g/mol. The summed E-state index contributed by atoms with van der Waals surface area (Å²) in [5, 5.41) is 0. The van der Waals surface area contributed by atoms with E-state index in [-0.39, 0.29) is 0 Å². The van der Waals surface area contributed by atoms with Crippen LogP contribution in [-0.4, -0.2) is 44.6 Å². The first-order valence-electron chi connectivity index (χ1n) is 7.53. The minimum absolute atomic E-state index is 0.519. The molecular weight excluding hydrogens is 423 g/mol. The first-order chi connectivity index (χ1) is 9.13. The molecule has 0 heterocycles. The number of hydrogen-bond acceptors (Lipinski definition) is 0. The van der Waals surface area contributed by atoms with Crippen molar-refractivity contribution in [3.63, 3.8) is 0 Å². The van der Waals surface area contributed by atoms with Crippen molar-refractivity contribution in [3.8, 4) is 0 Å². The van der Waals surface area contributed by atoms with Crippen molar-refractivity contribution in [2.75, 3.05) is 25.2 Å². The molecule has 8 heteroatoms. The first kappa shape index (κ1) is 24.1. The minimum atomic E-state index is -11.2. The summed E-state index contributed by atoms with van der Waals surface area (Å²) in [4.78, 5) is 0. The summed E-state index contributed by atoms with van der Waals surface area (Å²) in [7, 11) is -0.519. The van der Waals surface area contributed by atoms with Crippen LogP contribution < -0.4 is 0 Å². The molecule has 134 valence electrons. The molecule has 0 rings (SSSR count). The van der Waals surface area contributed by atoms with E-state index < -0.39 is 26.7 Å². The summed E-state index contributed by atoms with van der Waals surface area (Å²) >= 11 is -11.2. The molecular formula is C13H30F6PSb. The standard InChI is InChI=1S/C13H30P.6FH.Sb/c1-5-8-11-14(4,12-9-6-2)13-10-7-3;;;;;;;/h5-13H2,1-4H3;6*1H;/q+1;;;;;;;+5/p-6. The van der Waals surface area contributed by atoms with Crippen LogP contribution in [0, 0.1) is 0 Å². The summed E-state index contributed by atoms with van der Waals surface area (Å²) < 4.78 is 59.6. The Morgan fingerprint density at radius 1 is 0.619 bits per heavy atom. The molecule has 0 aromatic heterocycles. The van der Waals surface area contributed by atoms with Gasteiger partial charge in [-0.15, -0.1) is 0 Å². The van der Waals surface area contributed by atoms with Gasteiger partial charge in [0.25, 0.3) is 0 Å². The summed E-state index contributed by atoms with van der Waals surface area (Å²) in [6, 6.07) is 0. The van der Waals surface area contributed by atoms with Gasteiger partial charge in [-0.2, -0.15) is 0 Å². The van der Waals surface area contributed by atoms with Crippen LogP contribution in [0.3, 0.4) is 0 Å². The quantitative estimate of drug-likeness (QED) is 0.197. The zero-order valence-corrected chi connectivity index (χ0v) is 17.0. The van der Waals surface area contributed by atoms with Crippen LogP contribution in [0.2, 0.25) is 0 Å². The molecule has 21 heavy (non-hydrogen) atoms. The van der Waals surface area contributed by atoms with Crippen molar-refractivity contribution in [3.05, 3.63) is 0 Å². The second-order valence-corrected chi connectivity index (χ2v) is 15.9. The van der Waals surface area contributed by atoms with Gasteiger partial charge in [0.1, 0.15) is 0 Å². The predicted octanol–water partition coefficient (Wildman–Crippen LogP) is 7.17. The zero-order valence-electron chi connectivity index (χ0n) is 13.5. The van der Waals surface area contributed by atoms with Gasteiger partial charge in [0.2, 0.25) is 0 Å².